The van der Waals surface area contributed by atoms with Crippen molar-refractivity contribution in [1.29, 1.82) is 0 Å². The van der Waals surface area contributed by atoms with Gasteiger partial charge < -0.3 is 10.5 Å². The molecular formula is C9H20BNO. The normalized spacial score (nSPS) is 13.4. The summed E-state index contributed by atoms with van der Waals surface area (Å²) in [5, 5.41) is -0.148. The smallest absolute Gasteiger partial charge is 0.0748 e. The lowest BCUT2D eigenvalue weighted by Crippen LogP contribution is -2.34. The summed E-state index contributed by atoms with van der Waals surface area (Å²) < 4.78 is 5.55. The summed E-state index contributed by atoms with van der Waals surface area (Å²) in [7, 11) is 5.80. The molecule has 0 bridgehead atoms. The molecule has 70 valence electrons. The van der Waals surface area contributed by atoms with Gasteiger partial charge in [-0.25, -0.2) is 0 Å². The molecule has 2 radical (unpaired) electrons. The molecule has 0 aromatic rings. The molecule has 0 aliphatic heterocycles. The van der Waals surface area contributed by atoms with Gasteiger partial charge >= 0.3 is 0 Å². The van der Waals surface area contributed by atoms with Crippen LogP contribution < -0.4 is 5.73 Å². The van der Waals surface area contributed by atoms with E-state index in [1.165, 1.54) is 0 Å². The highest BCUT2D eigenvalue weighted by Gasteiger charge is 2.17. The first-order valence-electron chi connectivity index (χ1n) is 4.40. The molecule has 0 aromatic heterocycles. The monoisotopic (exact) mass is 169 g/mol. The van der Waals surface area contributed by atoms with Gasteiger partial charge in [-0.3, -0.25) is 0 Å². The maximum absolute atomic E-state index is 5.80. The second-order valence-electron chi connectivity index (χ2n) is 4.55. The zero-order valence-corrected chi connectivity index (χ0v) is 8.68. The van der Waals surface area contributed by atoms with Crippen LogP contribution in [0.4, 0.5) is 0 Å². The first-order valence-corrected chi connectivity index (χ1v) is 4.40. The number of nitrogens with two attached hydrogens (primary N) is 1. The van der Waals surface area contributed by atoms with Gasteiger partial charge in [0.15, 0.2) is 0 Å². The van der Waals surface area contributed by atoms with E-state index in [1.54, 1.807) is 0 Å². The fourth-order valence-electron chi connectivity index (χ4n) is 0.649. The third kappa shape index (κ3) is 6.68. The summed E-state index contributed by atoms with van der Waals surface area (Å²) >= 11 is 0. The van der Waals surface area contributed by atoms with E-state index in [1.807, 2.05) is 27.7 Å². The molecule has 0 fully saturated rings. The lowest BCUT2D eigenvalue weighted by molar-refractivity contribution is -0.0141. The van der Waals surface area contributed by atoms with Gasteiger partial charge in [0.05, 0.1) is 13.4 Å². The Balaban J connectivity index is 3.57. The molecular weight excluding hydrogens is 149 g/mol. The zero-order valence-electron chi connectivity index (χ0n) is 8.68. The molecule has 0 rings (SSSR count). The van der Waals surface area contributed by atoms with Gasteiger partial charge in [0.2, 0.25) is 0 Å². The fraction of sp³-hybridized carbons (Fsp3) is 1.00. The third-order valence-corrected chi connectivity index (χ3v) is 1.73. The topological polar surface area (TPSA) is 35.2 Å². The van der Waals surface area contributed by atoms with E-state index in [4.69, 9.17) is 18.3 Å². The molecule has 0 amide bonds. The molecule has 0 saturated heterocycles. The fourth-order valence-corrected chi connectivity index (χ4v) is 0.649. The Hall–Kier alpha value is -0.0151. The van der Waals surface area contributed by atoms with E-state index in [9.17, 15) is 0 Å². The van der Waals surface area contributed by atoms with Gasteiger partial charge in [-0.2, -0.15) is 0 Å². The summed E-state index contributed by atoms with van der Waals surface area (Å²) in [5.41, 5.74) is 5.28. The largest absolute Gasteiger partial charge is 0.374 e. The highest BCUT2D eigenvalue weighted by atomic mass is 16.5. The van der Waals surface area contributed by atoms with Crippen LogP contribution in [0.15, 0.2) is 0 Å². The molecule has 0 heterocycles. The van der Waals surface area contributed by atoms with Crippen molar-refractivity contribution in [3.63, 3.8) is 0 Å². The van der Waals surface area contributed by atoms with Crippen LogP contribution in [0.25, 0.3) is 0 Å². The second kappa shape index (κ2) is 4.29. The van der Waals surface area contributed by atoms with Crippen LogP contribution in [0.5, 0.6) is 0 Å². The predicted octanol–water partition coefficient (Wildman–Crippen LogP) is 1.50. The van der Waals surface area contributed by atoms with Crippen molar-refractivity contribution in [2.45, 2.75) is 45.0 Å². The minimum atomic E-state index is -0.217. The standard InChI is InChI=1S/C9H20BNO/c1-8(2,10)5-6-12-9(3,4)7-11/h5-7,11H2,1-4H3. The Kier molecular flexibility index (Phi) is 4.28. The van der Waals surface area contributed by atoms with Crippen molar-refractivity contribution in [3.05, 3.63) is 0 Å². The average Bonchev–Trinajstić information content (AvgIpc) is 1.84. The zero-order chi connectivity index (χ0) is 9.83. The predicted molar refractivity (Wildman–Crippen MR) is 53.5 cm³/mol. The van der Waals surface area contributed by atoms with E-state index < -0.39 is 0 Å². The quantitative estimate of drug-likeness (QED) is 0.633. The minimum Gasteiger partial charge on any atom is -0.374 e. The van der Waals surface area contributed by atoms with Crippen LogP contribution in [0.1, 0.15) is 34.1 Å². The SMILES string of the molecule is [B]C(C)(C)CCOC(C)(C)CN. The van der Waals surface area contributed by atoms with E-state index in [2.05, 4.69) is 0 Å². The summed E-state index contributed by atoms with van der Waals surface area (Å²) in [6.07, 6.45) is 0.858. The van der Waals surface area contributed by atoms with Gasteiger partial charge in [-0.05, 0) is 20.3 Å². The number of hydrogen-bond donors (Lipinski definition) is 1. The molecule has 0 aliphatic rings. The summed E-state index contributed by atoms with van der Waals surface area (Å²) in [4.78, 5) is 0. The van der Waals surface area contributed by atoms with Crippen LogP contribution in [0, 0.1) is 0 Å². The van der Waals surface area contributed by atoms with Crippen LogP contribution >= 0.6 is 0 Å². The Labute approximate surface area is 77.3 Å². The number of hydrogen-bond acceptors (Lipinski definition) is 2. The van der Waals surface area contributed by atoms with Crippen molar-refractivity contribution in [2.75, 3.05) is 13.2 Å². The molecule has 0 unspecified atom stereocenters. The van der Waals surface area contributed by atoms with E-state index in [0.717, 1.165) is 6.42 Å². The molecule has 0 aromatic carbocycles. The second-order valence-corrected chi connectivity index (χ2v) is 4.55. The molecule has 12 heavy (non-hydrogen) atoms. The average molecular weight is 169 g/mol. The molecule has 0 saturated carbocycles. The molecule has 0 spiro atoms. The highest BCUT2D eigenvalue weighted by molar-refractivity contribution is 6.14. The van der Waals surface area contributed by atoms with Gasteiger partial charge in [0.25, 0.3) is 0 Å². The molecule has 2 nitrogen and oxygen atoms in total. The third-order valence-electron chi connectivity index (χ3n) is 1.73. The highest BCUT2D eigenvalue weighted by Crippen LogP contribution is 2.24. The van der Waals surface area contributed by atoms with Crippen molar-refractivity contribution >= 4 is 7.85 Å². The Bertz CT molecular complexity index is 129. The maximum atomic E-state index is 5.80. The Morgan fingerprint density at radius 3 is 2.08 bits per heavy atom. The van der Waals surface area contributed by atoms with E-state index in [0.29, 0.717) is 13.2 Å². The lowest BCUT2D eigenvalue weighted by atomic mass is 9.70. The van der Waals surface area contributed by atoms with Crippen molar-refractivity contribution in [3.8, 4) is 0 Å². The van der Waals surface area contributed by atoms with E-state index >= 15 is 0 Å². The van der Waals surface area contributed by atoms with Crippen LogP contribution in [-0.2, 0) is 4.74 Å². The van der Waals surface area contributed by atoms with Crippen LogP contribution in [0.2, 0.25) is 5.31 Å². The van der Waals surface area contributed by atoms with Gasteiger partial charge in [-0.15, -0.1) is 0 Å². The Morgan fingerprint density at radius 1 is 1.25 bits per heavy atom. The number of ether oxygens (including phenoxy) is 1. The van der Waals surface area contributed by atoms with Crippen molar-refractivity contribution < 1.29 is 4.74 Å². The van der Waals surface area contributed by atoms with E-state index in [-0.39, 0.29) is 10.9 Å². The van der Waals surface area contributed by atoms with Crippen molar-refractivity contribution in [2.24, 2.45) is 5.73 Å². The molecule has 2 N–H and O–H groups in total. The van der Waals surface area contributed by atoms with Gasteiger partial charge in [0, 0.05) is 13.2 Å². The Morgan fingerprint density at radius 2 is 1.75 bits per heavy atom. The first-order chi connectivity index (χ1) is 5.27. The number of rotatable bonds is 5. The van der Waals surface area contributed by atoms with Crippen LogP contribution in [0.3, 0.4) is 0 Å². The minimum absolute atomic E-state index is 0.148. The first kappa shape index (κ1) is 12.0. The molecule has 0 aliphatic carbocycles. The lowest BCUT2D eigenvalue weighted by Gasteiger charge is -2.26. The maximum Gasteiger partial charge on any atom is 0.0748 e. The van der Waals surface area contributed by atoms with Crippen molar-refractivity contribution in [1.82, 2.24) is 0 Å². The van der Waals surface area contributed by atoms with Gasteiger partial charge in [-0.1, -0.05) is 19.2 Å². The summed E-state index contributed by atoms with van der Waals surface area (Å²) in [6, 6.07) is 0. The van der Waals surface area contributed by atoms with Crippen LogP contribution in [-0.4, -0.2) is 26.6 Å². The molecule has 0 atom stereocenters. The van der Waals surface area contributed by atoms with Gasteiger partial charge in [0.1, 0.15) is 0 Å². The summed E-state index contributed by atoms with van der Waals surface area (Å²) in [6.45, 7) is 9.16. The molecule has 3 heteroatoms. The summed E-state index contributed by atoms with van der Waals surface area (Å²) in [5.74, 6) is 0.